The number of nitrogens with zero attached hydrogens (tertiary/aromatic N) is 1. The minimum atomic E-state index is 0.285. The van der Waals surface area contributed by atoms with Gasteiger partial charge in [-0.15, -0.1) is 0 Å². The number of hydrogen-bond donors (Lipinski definition) is 1. The topological polar surface area (TPSA) is 15.3 Å². The molecule has 102 valence electrons. The standard InChI is InChI=1S/C14H30N2S/c1-12(2)9-13-10-15-14(3,4)11-16(13)7-6-8-17-5/h12-13,15H,6-11H2,1-5H3. The zero-order chi connectivity index (χ0) is 12.9. The Balaban J connectivity index is 2.49. The van der Waals surface area contributed by atoms with Gasteiger partial charge in [-0.25, -0.2) is 0 Å². The largest absolute Gasteiger partial charge is 0.309 e. The van der Waals surface area contributed by atoms with Crippen molar-refractivity contribution in [2.75, 3.05) is 31.6 Å². The minimum Gasteiger partial charge on any atom is -0.309 e. The fraction of sp³-hybridized carbons (Fsp3) is 1.00. The minimum absolute atomic E-state index is 0.285. The molecule has 0 aliphatic carbocycles. The quantitative estimate of drug-likeness (QED) is 0.738. The molecule has 3 heteroatoms. The molecule has 1 atom stereocenters. The fourth-order valence-electron chi connectivity index (χ4n) is 2.67. The van der Waals surface area contributed by atoms with Crippen LogP contribution >= 0.6 is 11.8 Å². The summed E-state index contributed by atoms with van der Waals surface area (Å²) in [6.45, 7) is 12.9. The number of nitrogens with one attached hydrogen (secondary N) is 1. The zero-order valence-corrected chi connectivity index (χ0v) is 13.1. The monoisotopic (exact) mass is 258 g/mol. The molecular formula is C14H30N2S. The maximum atomic E-state index is 3.69. The molecule has 0 amide bonds. The molecule has 0 saturated carbocycles. The van der Waals surface area contributed by atoms with E-state index in [1.807, 2.05) is 11.8 Å². The first-order valence-corrected chi connectivity index (χ1v) is 8.32. The summed E-state index contributed by atoms with van der Waals surface area (Å²) in [6.07, 6.45) is 4.85. The second kappa shape index (κ2) is 7.01. The van der Waals surface area contributed by atoms with Crippen LogP contribution in [-0.2, 0) is 0 Å². The van der Waals surface area contributed by atoms with Gasteiger partial charge in [-0.3, -0.25) is 4.90 Å². The van der Waals surface area contributed by atoms with Crippen LogP contribution in [0, 0.1) is 5.92 Å². The van der Waals surface area contributed by atoms with Crippen molar-refractivity contribution in [2.24, 2.45) is 5.92 Å². The van der Waals surface area contributed by atoms with Crippen LogP contribution in [0.3, 0.4) is 0 Å². The van der Waals surface area contributed by atoms with Crippen LogP contribution in [0.1, 0.15) is 40.5 Å². The highest BCUT2D eigenvalue weighted by Gasteiger charge is 2.32. The van der Waals surface area contributed by atoms with Crippen molar-refractivity contribution in [3.05, 3.63) is 0 Å². The van der Waals surface area contributed by atoms with Crippen molar-refractivity contribution in [1.29, 1.82) is 0 Å². The molecule has 1 rings (SSSR count). The second-order valence-electron chi connectivity index (χ2n) is 6.36. The molecule has 0 radical (unpaired) electrons. The number of rotatable bonds is 6. The van der Waals surface area contributed by atoms with Gasteiger partial charge in [0.1, 0.15) is 0 Å². The summed E-state index contributed by atoms with van der Waals surface area (Å²) in [5.74, 6) is 2.09. The van der Waals surface area contributed by atoms with Gasteiger partial charge in [0.15, 0.2) is 0 Å². The van der Waals surface area contributed by atoms with Crippen LogP contribution in [0.15, 0.2) is 0 Å². The molecule has 0 aromatic heterocycles. The summed E-state index contributed by atoms with van der Waals surface area (Å²) in [7, 11) is 0. The Kier molecular flexibility index (Phi) is 6.32. The average molecular weight is 258 g/mol. The molecule has 1 fully saturated rings. The van der Waals surface area contributed by atoms with Crippen molar-refractivity contribution in [1.82, 2.24) is 10.2 Å². The van der Waals surface area contributed by atoms with Crippen LogP contribution in [0.4, 0.5) is 0 Å². The van der Waals surface area contributed by atoms with Crippen molar-refractivity contribution >= 4 is 11.8 Å². The molecule has 0 aromatic rings. The second-order valence-corrected chi connectivity index (χ2v) is 7.35. The first-order valence-electron chi connectivity index (χ1n) is 6.92. The molecular weight excluding hydrogens is 228 g/mol. The van der Waals surface area contributed by atoms with E-state index in [-0.39, 0.29) is 5.54 Å². The van der Waals surface area contributed by atoms with Crippen LogP contribution in [-0.4, -0.2) is 48.1 Å². The highest BCUT2D eigenvalue weighted by atomic mass is 32.2. The molecule has 17 heavy (non-hydrogen) atoms. The third kappa shape index (κ3) is 5.62. The molecule has 1 aliphatic heterocycles. The SMILES string of the molecule is CSCCCN1CC(C)(C)NCC1CC(C)C. The van der Waals surface area contributed by atoms with Crippen LogP contribution < -0.4 is 5.32 Å². The Hall–Kier alpha value is 0.270. The van der Waals surface area contributed by atoms with Crippen molar-refractivity contribution < 1.29 is 0 Å². The van der Waals surface area contributed by atoms with Crippen LogP contribution in [0.2, 0.25) is 0 Å². The van der Waals surface area contributed by atoms with E-state index in [2.05, 4.69) is 44.2 Å². The molecule has 0 bridgehead atoms. The van der Waals surface area contributed by atoms with Gasteiger partial charge in [-0.2, -0.15) is 11.8 Å². The van der Waals surface area contributed by atoms with Crippen LogP contribution in [0.25, 0.3) is 0 Å². The first-order chi connectivity index (χ1) is 7.94. The normalized spacial score (nSPS) is 25.4. The molecule has 1 N–H and O–H groups in total. The molecule has 0 spiro atoms. The van der Waals surface area contributed by atoms with Gasteiger partial charge < -0.3 is 5.32 Å². The summed E-state index contributed by atoms with van der Waals surface area (Å²) in [6, 6.07) is 0.741. The van der Waals surface area contributed by atoms with Gasteiger partial charge in [-0.05, 0) is 51.2 Å². The summed E-state index contributed by atoms with van der Waals surface area (Å²) >= 11 is 1.96. The Labute approximate surface area is 112 Å². The van der Waals surface area contributed by atoms with Crippen LogP contribution in [0.5, 0.6) is 0 Å². The Morgan fingerprint density at radius 2 is 2.12 bits per heavy atom. The van der Waals surface area contributed by atoms with Gasteiger partial charge in [0.05, 0.1) is 0 Å². The Morgan fingerprint density at radius 3 is 2.71 bits per heavy atom. The molecule has 1 heterocycles. The number of thioether (sulfide) groups is 1. The predicted octanol–water partition coefficient (Wildman–Crippen LogP) is 2.84. The highest BCUT2D eigenvalue weighted by molar-refractivity contribution is 7.98. The maximum absolute atomic E-state index is 3.69. The van der Waals surface area contributed by atoms with Gasteiger partial charge in [0.25, 0.3) is 0 Å². The van der Waals surface area contributed by atoms with E-state index in [1.165, 1.54) is 31.7 Å². The van der Waals surface area contributed by atoms with E-state index in [1.54, 1.807) is 0 Å². The Bertz CT molecular complexity index is 216. The first kappa shape index (κ1) is 15.3. The Morgan fingerprint density at radius 1 is 1.41 bits per heavy atom. The molecule has 1 aliphatic rings. The summed E-state index contributed by atoms with van der Waals surface area (Å²) in [5, 5.41) is 3.69. The number of hydrogen-bond acceptors (Lipinski definition) is 3. The lowest BCUT2D eigenvalue weighted by Crippen LogP contribution is -2.61. The third-order valence-electron chi connectivity index (χ3n) is 3.47. The number of piperazine rings is 1. The molecule has 1 unspecified atom stereocenters. The maximum Gasteiger partial charge on any atom is 0.0252 e. The van der Waals surface area contributed by atoms with E-state index in [0.717, 1.165) is 18.5 Å². The van der Waals surface area contributed by atoms with E-state index in [9.17, 15) is 0 Å². The van der Waals surface area contributed by atoms with Gasteiger partial charge in [0, 0.05) is 24.7 Å². The lowest BCUT2D eigenvalue weighted by molar-refractivity contribution is 0.0832. The fourth-order valence-corrected chi connectivity index (χ4v) is 3.08. The van der Waals surface area contributed by atoms with E-state index in [4.69, 9.17) is 0 Å². The smallest absolute Gasteiger partial charge is 0.0252 e. The van der Waals surface area contributed by atoms with Gasteiger partial charge in [0.2, 0.25) is 0 Å². The molecule has 0 aromatic carbocycles. The predicted molar refractivity (Wildman–Crippen MR) is 79.9 cm³/mol. The molecule has 1 saturated heterocycles. The summed E-state index contributed by atoms with van der Waals surface area (Å²) in [4.78, 5) is 2.72. The van der Waals surface area contributed by atoms with Crippen molar-refractivity contribution in [2.45, 2.75) is 52.1 Å². The van der Waals surface area contributed by atoms with E-state index >= 15 is 0 Å². The lowest BCUT2D eigenvalue weighted by atomic mass is 9.94. The third-order valence-corrected chi connectivity index (χ3v) is 4.17. The van der Waals surface area contributed by atoms with Gasteiger partial charge in [-0.1, -0.05) is 13.8 Å². The van der Waals surface area contributed by atoms with Crippen molar-refractivity contribution in [3.8, 4) is 0 Å². The highest BCUT2D eigenvalue weighted by Crippen LogP contribution is 2.20. The van der Waals surface area contributed by atoms with E-state index < -0.39 is 0 Å². The van der Waals surface area contributed by atoms with Gasteiger partial charge >= 0.3 is 0 Å². The molecule has 2 nitrogen and oxygen atoms in total. The zero-order valence-electron chi connectivity index (χ0n) is 12.3. The lowest BCUT2D eigenvalue weighted by Gasteiger charge is -2.45. The van der Waals surface area contributed by atoms with Crippen molar-refractivity contribution in [3.63, 3.8) is 0 Å². The average Bonchev–Trinajstić information content (AvgIpc) is 2.21. The summed E-state index contributed by atoms with van der Waals surface area (Å²) in [5.41, 5.74) is 0.285. The summed E-state index contributed by atoms with van der Waals surface area (Å²) < 4.78 is 0. The van der Waals surface area contributed by atoms with E-state index in [0.29, 0.717) is 0 Å².